The standard InChI is InChI=1S/C14H20BrClN2/c1-14(2)10-18(7-6-17(14)3)13-5-4-12(15)8-11(13)9-16/h4-5,8H,6-7,9-10H2,1-3H3. The molecule has 0 aromatic heterocycles. The van der Waals surface area contributed by atoms with Crippen LogP contribution >= 0.6 is 27.5 Å². The number of nitrogens with zero attached hydrogens (tertiary/aromatic N) is 2. The third-order valence-corrected chi connectivity index (χ3v) is 4.62. The molecule has 18 heavy (non-hydrogen) atoms. The first-order valence-electron chi connectivity index (χ1n) is 6.24. The fourth-order valence-electron chi connectivity index (χ4n) is 2.42. The quantitative estimate of drug-likeness (QED) is 0.762. The third-order valence-electron chi connectivity index (χ3n) is 3.84. The van der Waals surface area contributed by atoms with Crippen LogP contribution in [0.25, 0.3) is 0 Å². The zero-order chi connectivity index (χ0) is 13.3. The van der Waals surface area contributed by atoms with E-state index in [-0.39, 0.29) is 5.54 Å². The van der Waals surface area contributed by atoms with Gasteiger partial charge in [-0.2, -0.15) is 0 Å². The van der Waals surface area contributed by atoms with Gasteiger partial charge in [0.1, 0.15) is 0 Å². The summed E-state index contributed by atoms with van der Waals surface area (Å²) in [7, 11) is 2.20. The molecule has 0 amide bonds. The first-order chi connectivity index (χ1) is 8.44. The van der Waals surface area contributed by atoms with Crippen LogP contribution in [-0.2, 0) is 5.88 Å². The summed E-state index contributed by atoms with van der Waals surface area (Å²) in [6.45, 7) is 7.77. The van der Waals surface area contributed by atoms with E-state index in [1.165, 1.54) is 11.3 Å². The second-order valence-corrected chi connectivity index (χ2v) is 6.75. The Bertz CT molecular complexity index is 434. The van der Waals surface area contributed by atoms with Crippen LogP contribution in [-0.4, -0.2) is 37.1 Å². The van der Waals surface area contributed by atoms with Crippen molar-refractivity contribution in [2.75, 3.05) is 31.6 Å². The Labute approximate surface area is 123 Å². The number of hydrogen-bond acceptors (Lipinski definition) is 2. The van der Waals surface area contributed by atoms with Crippen LogP contribution in [0, 0.1) is 0 Å². The van der Waals surface area contributed by atoms with Gasteiger partial charge in [-0.3, -0.25) is 4.90 Å². The summed E-state index contributed by atoms with van der Waals surface area (Å²) in [4.78, 5) is 4.87. The third kappa shape index (κ3) is 2.84. The van der Waals surface area contributed by atoms with Crippen molar-refractivity contribution in [2.24, 2.45) is 0 Å². The zero-order valence-corrected chi connectivity index (χ0v) is 13.6. The van der Waals surface area contributed by atoms with Crippen LogP contribution < -0.4 is 4.90 Å². The van der Waals surface area contributed by atoms with Gasteiger partial charge in [0.15, 0.2) is 0 Å². The summed E-state index contributed by atoms with van der Waals surface area (Å²) < 4.78 is 1.09. The van der Waals surface area contributed by atoms with Crippen molar-refractivity contribution in [2.45, 2.75) is 25.3 Å². The number of rotatable bonds is 2. The summed E-state index contributed by atoms with van der Waals surface area (Å²) in [6, 6.07) is 6.38. The molecule has 0 atom stereocenters. The van der Waals surface area contributed by atoms with Gasteiger partial charge in [-0.15, -0.1) is 11.6 Å². The molecule has 0 unspecified atom stereocenters. The van der Waals surface area contributed by atoms with E-state index >= 15 is 0 Å². The zero-order valence-electron chi connectivity index (χ0n) is 11.2. The fourth-order valence-corrected chi connectivity index (χ4v) is 3.04. The average Bonchev–Trinajstić information content (AvgIpc) is 2.32. The molecular formula is C14H20BrClN2. The number of hydrogen-bond donors (Lipinski definition) is 0. The summed E-state index contributed by atoms with van der Waals surface area (Å²) in [5.41, 5.74) is 2.68. The van der Waals surface area contributed by atoms with Crippen molar-refractivity contribution in [1.82, 2.24) is 4.90 Å². The molecule has 1 fully saturated rings. The molecule has 4 heteroatoms. The Morgan fingerprint density at radius 1 is 1.33 bits per heavy atom. The molecule has 1 aromatic rings. The Hall–Kier alpha value is -0.250. The molecule has 1 saturated heterocycles. The van der Waals surface area contributed by atoms with Crippen LogP contribution in [0.4, 0.5) is 5.69 Å². The second kappa shape index (κ2) is 5.40. The number of alkyl halides is 1. The molecule has 1 heterocycles. The minimum atomic E-state index is 0.203. The summed E-state index contributed by atoms with van der Waals surface area (Å²) in [6.07, 6.45) is 0. The van der Waals surface area contributed by atoms with Crippen molar-refractivity contribution >= 4 is 33.2 Å². The van der Waals surface area contributed by atoms with Gasteiger partial charge in [0.2, 0.25) is 0 Å². The molecule has 2 nitrogen and oxygen atoms in total. The van der Waals surface area contributed by atoms with E-state index in [0.717, 1.165) is 24.1 Å². The van der Waals surface area contributed by atoms with E-state index in [0.29, 0.717) is 5.88 Å². The average molecular weight is 332 g/mol. The van der Waals surface area contributed by atoms with Crippen LogP contribution in [0.5, 0.6) is 0 Å². The largest absolute Gasteiger partial charge is 0.368 e. The lowest BCUT2D eigenvalue weighted by molar-refractivity contribution is 0.139. The maximum atomic E-state index is 6.07. The lowest BCUT2D eigenvalue weighted by atomic mass is 9.98. The number of likely N-dealkylation sites (N-methyl/N-ethyl adjacent to an activating group) is 1. The van der Waals surface area contributed by atoms with Gasteiger partial charge in [0.25, 0.3) is 0 Å². The summed E-state index contributed by atoms with van der Waals surface area (Å²) in [5, 5.41) is 0. The SMILES string of the molecule is CN1CCN(c2ccc(Br)cc2CCl)CC1(C)C. The highest BCUT2D eigenvalue weighted by molar-refractivity contribution is 9.10. The molecule has 0 saturated carbocycles. The van der Waals surface area contributed by atoms with Crippen LogP contribution in [0.15, 0.2) is 22.7 Å². The Kier molecular flexibility index (Phi) is 4.25. The maximum absolute atomic E-state index is 6.07. The Balaban J connectivity index is 2.27. The molecule has 1 aromatic carbocycles. The first-order valence-corrected chi connectivity index (χ1v) is 7.57. The van der Waals surface area contributed by atoms with Crippen LogP contribution in [0.1, 0.15) is 19.4 Å². The number of piperazine rings is 1. The van der Waals surface area contributed by atoms with E-state index in [1.807, 2.05) is 0 Å². The van der Waals surface area contributed by atoms with Gasteiger partial charge in [-0.1, -0.05) is 15.9 Å². The molecule has 1 aliphatic rings. The van der Waals surface area contributed by atoms with Crippen molar-refractivity contribution in [1.29, 1.82) is 0 Å². The maximum Gasteiger partial charge on any atom is 0.0494 e. The fraction of sp³-hybridized carbons (Fsp3) is 0.571. The van der Waals surface area contributed by atoms with Gasteiger partial charge in [0.05, 0.1) is 0 Å². The smallest absolute Gasteiger partial charge is 0.0494 e. The van der Waals surface area contributed by atoms with E-state index in [2.05, 4.69) is 64.8 Å². The predicted molar refractivity (Wildman–Crippen MR) is 82.6 cm³/mol. The minimum absolute atomic E-state index is 0.203. The number of benzene rings is 1. The number of halogens is 2. The minimum Gasteiger partial charge on any atom is -0.368 e. The molecule has 0 spiro atoms. The highest BCUT2D eigenvalue weighted by atomic mass is 79.9. The normalized spacial score (nSPS) is 20.2. The molecule has 0 radical (unpaired) electrons. The van der Waals surface area contributed by atoms with E-state index < -0.39 is 0 Å². The molecule has 1 aliphatic heterocycles. The monoisotopic (exact) mass is 330 g/mol. The highest BCUT2D eigenvalue weighted by Crippen LogP contribution is 2.30. The topological polar surface area (TPSA) is 6.48 Å². The molecule has 0 bridgehead atoms. The van der Waals surface area contributed by atoms with Crippen molar-refractivity contribution in [3.05, 3.63) is 28.2 Å². The van der Waals surface area contributed by atoms with Crippen molar-refractivity contribution in [3.8, 4) is 0 Å². The second-order valence-electron chi connectivity index (χ2n) is 5.56. The van der Waals surface area contributed by atoms with Gasteiger partial charge >= 0.3 is 0 Å². The number of anilines is 1. The lowest BCUT2D eigenvalue weighted by Gasteiger charge is -2.46. The Morgan fingerprint density at radius 2 is 2.06 bits per heavy atom. The first kappa shape index (κ1) is 14.2. The van der Waals surface area contributed by atoms with Crippen LogP contribution in [0.2, 0.25) is 0 Å². The molecular weight excluding hydrogens is 312 g/mol. The molecule has 0 aliphatic carbocycles. The summed E-state index contributed by atoms with van der Waals surface area (Å²) >= 11 is 9.57. The molecule has 0 N–H and O–H groups in total. The van der Waals surface area contributed by atoms with E-state index in [1.54, 1.807) is 0 Å². The van der Waals surface area contributed by atoms with Gasteiger partial charge in [-0.25, -0.2) is 0 Å². The van der Waals surface area contributed by atoms with Gasteiger partial charge < -0.3 is 4.90 Å². The highest BCUT2D eigenvalue weighted by Gasteiger charge is 2.31. The van der Waals surface area contributed by atoms with Crippen molar-refractivity contribution in [3.63, 3.8) is 0 Å². The summed E-state index contributed by atoms with van der Waals surface area (Å²) in [5.74, 6) is 0.557. The van der Waals surface area contributed by atoms with Crippen LogP contribution in [0.3, 0.4) is 0 Å². The predicted octanol–water partition coefficient (Wildman–Crippen LogP) is 3.72. The van der Waals surface area contributed by atoms with Crippen molar-refractivity contribution < 1.29 is 0 Å². The molecule has 2 rings (SSSR count). The Morgan fingerprint density at radius 3 is 2.67 bits per heavy atom. The van der Waals surface area contributed by atoms with Gasteiger partial charge in [-0.05, 0) is 44.7 Å². The van der Waals surface area contributed by atoms with Gasteiger partial charge in [0, 0.05) is 41.2 Å². The lowest BCUT2D eigenvalue weighted by Crippen LogP contribution is -2.57. The molecule has 100 valence electrons. The van der Waals surface area contributed by atoms with E-state index in [4.69, 9.17) is 11.6 Å². The van der Waals surface area contributed by atoms with E-state index in [9.17, 15) is 0 Å².